The maximum absolute atomic E-state index is 5.95. The molecule has 0 amide bonds. The van der Waals surface area contributed by atoms with Crippen molar-refractivity contribution in [3.05, 3.63) is 41.0 Å². The van der Waals surface area contributed by atoms with Crippen LogP contribution in [0, 0.1) is 0 Å². The number of benzene rings is 1. The molecule has 2 aromatic rings. The molecule has 0 spiro atoms. The second-order valence-electron chi connectivity index (χ2n) is 4.05. The Morgan fingerprint density at radius 3 is 2.65 bits per heavy atom. The Bertz CT molecular complexity index is 488. The van der Waals surface area contributed by atoms with Gasteiger partial charge in [-0.2, -0.15) is 5.10 Å². The molecule has 1 heterocycles. The van der Waals surface area contributed by atoms with Crippen LogP contribution in [0.15, 0.2) is 30.3 Å². The Hall–Kier alpha value is -1.48. The van der Waals surface area contributed by atoms with Gasteiger partial charge in [0.25, 0.3) is 0 Å². The lowest BCUT2D eigenvalue weighted by atomic mass is 10.2. The minimum Gasteiger partial charge on any atom is -0.384 e. The molecule has 0 atom stereocenters. The van der Waals surface area contributed by atoms with Crippen molar-refractivity contribution in [1.29, 1.82) is 0 Å². The van der Waals surface area contributed by atoms with E-state index in [1.54, 1.807) is 4.68 Å². The van der Waals surface area contributed by atoms with Crippen LogP contribution in [0.4, 0.5) is 5.82 Å². The minimum absolute atomic E-state index is 0.665. The van der Waals surface area contributed by atoms with E-state index in [-0.39, 0.29) is 0 Å². The third kappa shape index (κ3) is 2.80. The van der Waals surface area contributed by atoms with E-state index >= 15 is 0 Å². The summed E-state index contributed by atoms with van der Waals surface area (Å²) < 4.78 is 1.75. The molecule has 1 aromatic carbocycles. The van der Waals surface area contributed by atoms with Gasteiger partial charge in [0.05, 0.1) is 11.4 Å². The number of halogens is 1. The van der Waals surface area contributed by atoms with Gasteiger partial charge >= 0.3 is 0 Å². The van der Waals surface area contributed by atoms with Gasteiger partial charge < -0.3 is 5.73 Å². The van der Waals surface area contributed by atoms with E-state index in [4.69, 9.17) is 17.3 Å². The molecule has 3 nitrogen and oxygen atoms in total. The Labute approximate surface area is 106 Å². The quantitative estimate of drug-likeness (QED) is 0.902. The number of unbranched alkanes of at least 4 members (excludes halogenated alkanes) is 1. The SMILES string of the molecule is CCCCc1cc(N)n(-c2ccc(Cl)cc2)n1. The molecule has 1 aromatic heterocycles. The van der Waals surface area contributed by atoms with Crippen molar-refractivity contribution in [2.24, 2.45) is 0 Å². The first-order chi connectivity index (χ1) is 8.20. The van der Waals surface area contributed by atoms with Crippen LogP contribution in [0.3, 0.4) is 0 Å². The molecular formula is C13H16ClN3. The molecule has 0 aliphatic heterocycles. The van der Waals surface area contributed by atoms with Crippen LogP contribution in [0.25, 0.3) is 5.69 Å². The number of rotatable bonds is 4. The van der Waals surface area contributed by atoms with Crippen molar-refractivity contribution in [3.63, 3.8) is 0 Å². The predicted molar refractivity (Wildman–Crippen MR) is 71.6 cm³/mol. The Balaban J connectivity index is 2.26. The lowest BCUT2D eigenvalue weighted by molar-refractivity contribution is 0.753. The largest absolute Gasteiger partial charge is 0.384 e. The van der Waals surface area contributed by atoms with Crippen molar-refractivity contribution in [1.82, 2.24) is 9.78 Å². The van der Waals surface area contributed by atoms with E-state index in [9.17, 15) is 0 Å². The standard InChI is InChI=1S/C13H16ClN3/c1-2-3-4-11-9-13(15)17(16-11)12-7-5-10(14)6-8-12/h5-9H,2-4,15H2,1H3. The molecule has 0 aliphatic rings. The predicted octanol–water partition coefficient (Wildman–Crippen LogP) is 3.45. The molecule has 0 bridgehead atoms. The fourth-order valence-corrected chi connectivity index (χ4v) is 1.84. The monoisotopic (exact) mass is 249 g/mol. The molecule has 0 fully saturated rings. The topological polar surface area (TPSA) is 43.8 Å². The number of aromatic nitrogens is 2. The number of hydrogen-bond acceptors (Lipinski definition) is 2. The number of anilines is 1. The van der Waals surface area contributed by atoms with E-state index in [2.05, 4.69) is 12.0 Å². The van der Waals surface area contributed by atoms with E-state index in [1.807, 2.05) is 30.3 Å². The summed E-state index contributed by atoms with van der Waals surface area (Å²) in [5.41, 5.74) is 7.93. The third-order valence-electron chi connectivity index (χ3n) is 2.65. The summed E-state index contributed by atoms with van der Waals surface area (Å²) in [6.07, 6.45) is 3.27. The molecule has 90 valence electrons. The zero-order valence-electron chi connectivity index (χ0n) is 9.86. The van der Waals surface area contributed by atoms with Crippen LogP contribution in [0.1, 0.15) is 25.5 Å². The van der Waals surface area contributed by atoms with Gasteiger partial charge in [0.1, 0.15) is 5.82 Å². The summed E-state index contributed by atoms with van der Waals surface area (Å²) >= 11 is 5.85. The fraction of sp³-hybridized carbons (Fsp3) is 0.308. The zero-order valence-corrected chi connectivity index (χ0v) is 10.6. The summed E-state index contributed by atoms with van der Waals surface area (Å²) in [6, 6.07) is 9.43. The highest BCUT2D eigenvalue weighted by Crippen LogP contribution is 2.18. The maximum atomic E-state index is 5.95. The summed E-state index contributed by atoms with van der Waals surface area (Å²) in [5.74, 6) is 0.665. The second-order valence-corrected chi connectivity index (χ2v) is 4.49. The van der Waals surface area contributed by atoms with Gasteiger partial charge in [-0.05, 0) is 37.1 Å². The highest BCUT2D eigenvalue weighted by Gasteiger charge is 2.06. The Morgan fingerprint density at radius 2 is 2.00 bits per heavy atom. The second kappa shape index (κ2) is 5.23. The van der Waals surface area contributed by atoms with Crippen LogP contribution < -0.4 is 5.73 Å². The summed E-state index contributed by atoms with van der Waals surface area (Å²) in [6.45, 7) is 2.17. The number of aryl methyl sites for hydroxylation is 1. The number of nitrogens with two attached hydrogens (primary N) is 1. The molecular weight excluding hydrogens is 234 g/mol. The molecule has 17 heavy (non-hydrogen) atoms. The van der Waals surface area contributed by atoms with Crippen molar-refractivity contribution >= 4 is 17.4 Å². The molecule has 4 heteroatoms. The summed E-state index contributed by atoms with van der Waals surface area (Å²) in [7, 11) is 0. The van der Waals surface area contributed by atoms with Gasteiger partial charge in [0.15, 0.2) is 0 Å². The van der Waals surface area contributed by atoms with Gasteiger partial charge in [0, 0.05) is 11.1 Å². The van der Waals surface area contributed by atoms with Gasteiger partial charge in [0.2, 0.25) is 0 Å². The van der Waals surface area contributed by atoms with Crippen LogP contribution in [0.5, 0.6) is 0 Å². The van der Waals surface area contributed by atoms with Gasteiger partial charge in [-0.25, -0.2) is 4.68 Å². The highest BCUT2D eigenvalue weighted by atomic mass is 35.5. The third-order valence-corrected chi connectivity index (χ3v) is 2.90. The van der Waals surface area contributed by atoms with Crippen LogP contribution in [-0.2, 0) is 6.42 Å². The van der Waals surface area contributed by atoms with E-state index < -0.39 is 0 Å². The van der Waals surface area contributed by atoms with E-state index in [0.717, 1.165) is 30.6 Å². The maximum Gasteiger partial charge on any atom is 0.127 e. The smallest absolute Gasteiger partial charge is 0.127 e. The lowest BCUT2D eigenvalue weighted by Gasteiger charge is -2.03. The van der Waals surface area contributed by atoms with E-state index in [1.165, 1.54) is 0 Å². The molecule has 0 saturated carbocycles. The average Bonchev–Trinajstić information content (AvgIpc) is 2.69. The van der Waals surface area contributed by atoms with Crippen LogP contribution in [0.2, 0.25) is 5.02 Å². The van der Waals surface area contributed by atoms with Gasteiger partial charge in [-0.15, -0.1) is 0 Å². The lowest BCUT2D eigenvalue weighted by Crippen LogP contribution is -2.01. The number of nitrogen functional groups attached to an aromatic ring is 1. The molecule has 0 saturated heterocycles. The average molecular weight is 250 g/mol. The first-order valence-corrected chi connectivity index (χ1v) is 6.19. The summed E-state index contributed by atoms with van der Waals surface area (Å²) in [4.78, 5) is 0. The zero-order chi connectivity index (χ0) is 12.3. The molecule has 0 aliphatic carbocycles. The Kier molecular flexibility index (Phi) is 3.69. The first-order valence-electron chi connectivity index (χ1n) is 5.81. The Morgan fingerprint density at radius 1 is 1.29 bits per heavy atom. The summed E-state index contributed by atoms with van der Waals surface area (Å²) in [5, 5.41) is 5.21. The van der Waals surface area contributed by atoms with Crippen molar-refractivity contribution < 1.29 is 0 Å². The van der Waals surface area contributed by atoms with Crippen molar-refractivity contribution in [3.8, 4) is 5.69 Å². The minimum atomic E-state index is 0.665. The van der Waals surface area contributed by atoms with Crippen LogP contribution >= 0.6 is 11.6 Å². The van der Waals surface area contributed by atoms with Crippen LogP contribution in [-0.4, -0.2) is 9.78 Å². The fourth-order valence-electron chi connectivity index (χ4n) is 1.72. The van der Waals surface area contributed by atoms with Crippen molar-refractivity contribution in [2.45, 2.75) is 26.2 Å². The highest BCUT2D eigenvalue weighted by molar-refractivity contribution is 6.30. The number of nitrogens with zero attached hydrogens (tertiary/aromatic N) is 2. The molecule has 2 N–H and O–H groups in total. The number of hydrogen-bond donors (Lipinski definition) is 1. The molecule has 2 rings (SSSR count). The normalized spacial score (nSPS) is 10.7. The van der Waals surface area contributed by atoms with Gasteiger partial charge in [-0.3, -0.25) is 0 Å². The van der Waals surface area contributed by atoms with Gasteiger partial charge in [-0.1, -0.05) is 24.9 Å². The molecule has 0 radical (unpaired) electrons. The van der Waals surface area contributed by atoms with Crippen molar-refractivity contribution in [2.75, 3.05) is 5.73 Å². The molecule has 0 unspecified atom stereocenters. The van der Waals surface area contributed by atoms with E-state index in [0.29, 0.717) is 10.8 Å². The first kappa shape index (κ1) is 12.0.